The smallest absolute Gasteiger partial charge is 0.333 e. The van der Waals surface area contributed by atoms with E-state index in [0.717, 1.165) is 38.5 Å². The highest BCUT2D eigenvalue weighted by Gasteiger charge is 2.52. The Morgan fingerprint density at radius 1 is 1.13 bits per heavy atom. The standard InChI is InChI=1S/C19H30O4/c1-5-6-18-7-10-19(11-8-18,12-9-18)17(21)22-13-15(4)23-16(20)14(2)3/h15H,2,5-13H2,1,3-4H3. The Balaban J connectivity index is 1.83. The predicted molar refractivity (Wildman–Crippen MR) is 88.8 cm³/mol. The summed E-state index contributed by atoms with van der Waals surface area (Å²) in [7, 11) is 0. The molecule has 2 bridgehead atoms. The van der Waals surface area contributed by atoms with Crippen molar-refractivity contribution in [3.8, 4) is 0 Å². The lowest BCUT2D eigenvalue weighted by atomic mass is 9.52. The fourth-order valence-electron chi connectivity index (χ4n) is 4.14. The van der Waals surface area contributed by atoms with E-state index in [1.165, 1.54) is 12.8 Å². The number of esters is 2. The van der Waals surface area contributed by atoms with E-state index in [2.05, 4.69) is 13.5 Å². The number of rotatable bonds is 7. The maximum Gasteiger partial charge on any atom is 0.333 e. The van der Waals surface area contributed by atoms with Crippen molar-refractivity contribution in [2.45, 2.75) is 78.2 Å². The van der Waals surface area contributed by atoms with Crippen molar-refractivity contribution in [2.24, 2.45) is 10.8 Å². The fraction of sp³-hybridized carbons (Fsp3) is 0.789. The first kappa shape index (κ1) is 18.0. The maximum absolute atomic E-state index is 12.6. The molecule has 3 fully saturated rings. The Bertz CT molecular complexity index is 455. The van der Waals surface area contributed by atoms with Crippen molar-refractivity contribution in [3.05, 3.63) is 12.2 Å². The van der Waals surface area contributed by atoms with Crippen LogP contribution in [-0.2, 0) is 19.1 Å². The van der Waals surface area contributed by atoms with E-state index in [9.17, 15) is 9.59 Å². The minimum Gasteiger partial charge on any atom is -0.461 e. The Kier molecular flexibility index (Phi) is 5.53. The van der Waals surface area contributed by atoms with Crippen LogP contribution >= 0.6 is 0 Å². The SMILES string of the molecule is C=C(C)C(=O)OC(C)COC(=O)C12CCC(CCC)(CC1)CC2. The van der Waals surface area contributed by atoms with E-state index in [1.807, 2.05) is 0 Å². The average Bonchev–Trinajstić information content (AvgIpc) is 2.54. The molecule has 1 atom stereocenters. The summed E-state index contributed by atoms with van der Waals surface area (Å²) in [6.45, 7) is 9.25. The van der Waals surface area contributed by atoms with Crippen LogP contribution in [0.5, 0.6) is 0 Å². The van der Waals surface area contributed by atoms with E-state index < -0.39 is 12.1 Å². The molecule has 0 aromatic carbocycles. The molecule has 0 N–H and O–H groups in total. The van der Waals surface area contributed by atoms with E-state index in [0.29, 0.717) is 11.0 Å². The molecule has 3 rings (SSSR count). The van der Waals surface area contributed by atoms with Crippen LogP contribution in [0.1, 0.15) is 72.1 Å². The van der Waals surface area contributed by atoms with Gasteiger partial charge in [-0.1, -0.05) is 19.9 Å². The summed E-state index contributed by atoms with van der Waals surface area (Å²) in [5.41, 5.74) is 0.558. The van der Waals surface area contributed by atoms with Gasteiger partial charge in [0, 0.05) is 5.57 Å². The molecule has 0 amide bonds. The lowest BCUT2D eigenvalue weighted by Gasteiger charge is -2.52. The monoisotopic (exact) mass is 322 g/mol. The van der Waals surface area contributed by atoms with Crippen LogP contribution in [0.15, 0.2) is 12.2 Å². The summed E-state index contributed by atoms with van der Waals surface area (Å²) in [6, 6.07) is 0. The highest BCUT2D eigenvalue weighted by molar-refractivity contribution is 5.87. The van der Waals surface area contributed by atoms with Crippen molar-refractivity contribution < 1.29 is 19.1 Å². The average molecular weight is 322 g/mol. The van der Waals surface area contributed by atoms with E-state index >= 15 is 0 Å². The molecule has 3 aliphatic rings. The van der Waals surface area contributed by atoms with Crippen LogP contribution in [0.25, 0.3) is 0 Å². The third kappa shape index (κ3) is 3.96. The minimum absolute atomic E-state index is 0.0967. The summed E-state index contributed by atoms with van der Waals surface area (Å²) in [4.78, 5) is 24.0. The molecule has 0 heterocycles. The summed E-state index contributed by atoms with van der Waals surface area (Å²) in [5, 5.41) is 0. The molecule has 23 heavy (non-hydrogen) atoms. The number of hydrogen-bond acceptors (Lipinski definition) is 4. The number of hydrogen-bond donors (Lipinski definition) is 0. The Hall–Kier alpha value is -1.32. The molecule has 1 unspecified atom stereocenters. The first-order valence-corrected chi connectivity index (χ1v) is 8.86. The topological polar surface area (TPSA) is 52.6 Å². The van der Waals surface area contributed by atoms with Crippen LogP contribution < -0.4 is 0 Å². The summed E-state index contributed by atoms with van der Waals surface area (Å²) >= 11 is 0. The number of carbonyl (C=O) groups is 2. The Morgan fingerprint density at radius 2 is 1.70 bits per heavy atom. The third-order valence-electron chi connectivity index (χ3n) is 5.72. The van der Waals surface area contributed by atoms with Crippen molar-refractivity contribution in [3.63, 3.8) is 0 Å². The lowest BCUT2D eigenvalue weighted by Crippen LogP contribution is -2.47. The molecule has 0 radical (unpaired) electrons. The molecule has 0 saturated heterocycles. The van der Waals surface area contributed by atoms with E-state index in [-0.39, 0.29) is 18.0 Å². The fourth-order valence-corrected chi connectivity index (χ4v) is 4.14. The molecule has 0 spiro atoms. The zero-order valence-electron chi connectivity index (χ0n) is 14.8. The van der Waals surface area contributed by atoms with Gasteiger partial charge >= 0.3 is 11.9 Å². The van der Waals surface area contributed by atoms with Gasteiger partial charge in [-0.05, 0) is 64.2 Å². The van der Waals surface area contributed by atoms with Crippen molar-refractivity contribution in [1.82, 2.24) is 0 Å². The molecular weight excluding hydrogens is 292 g/mol. The maximum atomic E-state index is 12.6. The molecule has 130 valence electrons. The van der Waals surface area contributed by atoms with Crippen LogP contribution in [0.2, 0.25) is 0 Å². The normalized spacial score (nSPS) is 30.6. The van der Waals surface area contributed by atoms with Gasteiger partial charge in [-0.3, -0.25) is 4.79 Å². The van der Waals surface area contributed by atoms with Crippen molar-refractivity contribution in [2.75, 3.05) is 6.61 Å². The van der Waals surface area contributed by atoms with Gasteiger partial charge in [-0.2, -0.15) is 0 Å². The predicted octanol–water partition coefficient (Wildman–Crippen LogP) is 4.18. The lowest BCUT2D eigenvalue weighted by molar-refractivity contribution is -0.172. The van der Waals surface area contributed by atoms with Gasteiger partial charge in [0.05, 0.1) is 5.41 Å². The zero-order chi connectivity index (χ0) is 17.1. The van der Waals surface area contributed by atoms with Crippen molar-refractivity contribution >= 4 is 11.9 Å². The number of ether oxygens (including phenoxy) is 2. The molecule has 4 heteroatoms. The first-order chi connectivity index (χ1) is 10.8. The highest BCUT2D eigenvalue weighted by atomic mass is 16.6. The first-order valence-electron chi connectivity index (χ1n) is 8.86. The van der Waals surface area contributed by atoms with Gasteiger partial charge in [0.1, 0.15) is 12.7 Å². The molecule has 3 saturated carbocycles. The number of carbonyl (C=O) groups excluding carboxylic acids is 2. The van der Waals surface area contributed by atoms with Crippen molar-refractivity contribution in [1.29, 1.82) is 0 Å². The number of fused-ring (bicyclic) bond motifs is 3. The van der Waals surface area contributed by atoms with Gasteiger partial charge in [-0.15, -0.1) is 0 Å². The molecule has 0 aromatic heterocycles. The largest absolute Gasteiger partial charge is 0.461 e. The Morgan fingerprint density at radius 3 is 2.17 bits per heavy atom. The van der Waals surface area contributed by atoms with E-state index in [4.69, 9.17) is 9.47 Å². The van der Waals surface area contributed by atoms with Crippen LogP contribution in [0.4, 0.5) is 0 Å². The second-order valence-corrected chi connectivity index (χ2v) is 7.63. The van der Waals surface area contributed by atoms with E-state index in [1.54, 1.807) is 13.8 Å². The van der Waals surface area contributed by atoms with Crippen LogP contribution in [0, 0.1) is 10.8 Å². The van der Waals surface area contributed by atoms with Gasteiger partial charge < -0.3 is 9.47 Å². The molecule has 0 aliphatic heterocycles. The molecule has 4 nitrogen and oxygen atoms in total. The van der Waals surface area contributed by atoms with Crippen LogP contribution in [-0.4, -0.2) is 24.6 Å². The van der Waals surface area contributed by atoms with Crippen LogP contribution in [0.3, 0.4) is 0 Å². The van der Waals surface area contributed by atoms with Gasteiger partial charge in [0.15, 0.2) is 0 Å². The third-order valence-corrected chi connectivity index (χ3v) is 5.72. The summed E-state index contributed by atoms with van der Waals surface area (Å²) in [5.74, 6) is -0.535. The van der Waals surface area contributed by atoms with Gasteiger partial charge in [-0.25, -0.2) is 4.79 Å². The van der Waals surface area contributed by atoms with Gasteiger partial charge in [0.25, 0.3) is 0 Å². The molecule has 0 aromatic rings. The second kappa shape index (κ2) is 7.06. The summed E-state index contributed by atoms with van der Waals surface area (Å²) in [6.07, 6.45) is 8.37. The second-order valence-electron chi connectivity index (χ2n) is 7.63. The summed E-state index contributed by atoms with van der Waals surface area (Å²) < 4.78 is 10.6. The quantitative estimate of drug-likeness (QED) is 0.521. The molecule has 3 aliphatic carbocycles. The Labute approximate surface area is 139 Å². The zero-order valence-corrected chi connectivity index (χ0v) is 14.8. The highest BCUT2D eigenvalue weighted by Crippen LogP contribution is 2.59. The van der Waals surface area contributed by atoms with Gasteiger partial charge in [0.2, 0.25) is 0 Å². The minimum atomic E-state index is -0.439. The molecular formula is C19H30O4.